The smallest absolute Gasteiger partial charge is 0.208 e. The van der Waals surface area contributed by atoms with Gasteiger partial charge in [-0.25, -0.2) is 13.1 Å². The molecule has 1 aromatic carbocycles. The molecule has 0 saturated carbocycles. The zero-order chi connectivity index (χ0) is 15.3. The van der Waals surface area contributed by atoms with Crippen LogP contribution < -0.4 is 21.1 Å². The summed E-state index contributed by atoms with van der Waals surface area (Å²) in [5.74, 6) is 0. The number of nitrogens with one attached hydrogen (secondary N) is 1. The van der Waals surface area contributed by atoms with E-state index < -0.39 is 16.1 Å². The number of hydrogen-bond donors (Lipinski definition) is 3. The Morgan fingerprint density at radius 3 is 2.33 bits per heavy atom. The highest BCUT2D eigenvalue weighted by atomic mass is 35.5. The third kappa shape index (κ3) is 6.09. The van der Waals surface area contributed by atoms with Crippen molar-refractivity contribution in [1.82, 2.24) is 4.72 Å². The van der Waals surface area contributed by atoms with Gasteiger partial charge in [-0.15, -0.1) is 12.4 Å². The summed E-state index contributed by atoms with van der Waals surface area (Å²) in [6, 6.07) is 5.21. The van der Waals surface area contributed by atoms with Crippen molar-refractivity contribution in [3.63, 3.8) is 0 Å². The minimum absolute atomic E-state index is 0. The quantitative estimate of drug-likeness (QED) is 0.647. The van der Waals surface area contributed by atoms with Crippen LogP contribution in [0.5, 0.6) is 0 Å². The average molecular weight is 337 g/mol. The van der Waals surface area contributed by atoms with Crippen molar-refractivity contribution in [1.29, 1.82) is 0 Å². The molecule has 0 aliphatic rings. The largest absolute Gasteiger partial charge is 0.398 e. The molecule has 0 aliphatic carbocycles. The topological polar surface area (TPSA) is 101 Å². The van der Waals surface area contributed by atoms with Gasteiger partial charge in [0.2, 0.25) is 10.0 Å². The van der Waals surface area contributed by atoms with Gasteiger partial charge in [-0.3, -0.25) is 0 Å². The number of hydrogen-bond acceptors (Lipinski definition) is 5. The summed E-state index contributed by atoms with van der Waals surface area (Å²) in [7, 11) is -3.26. The molecule has 0 amide bonds. The number of benzene rings is 1. The number of rotatable bonds is 7. The first-order valence-electron chi connectivity index (χ1n) is 6.63. The standard InChI is InChI=1S/C13H24N4O2S.ClH/c1-4-17(5-2)10-6-7-12(14)11(8-10)13(15)9-16-20(3,18)19;/h6-8,13,16H,4-5,9,14-15H2,1-3H3;1H. The van der Waals surface area contributed by atoms with Crippen molar-refractivity contribution < 1.29 is 8.42 Å². The number of nitrogens with two attached hydrogens (primary N) is 2. The number of anilines is 2. The molecule has 1 atom stereocenters. The molecule has 1 rings (SSSR count). The molecule has 0 radical (unpaired) electrons. The normalized spacial score (nSPS) is 12.6. The summed E-state index contributed by atoms with van der Waals surface area (Å²) in [5, 5.41) is 0. The maximum absolute atomic E-state index is 11.1. The fourth-order valence-electron chi connectivity index (χ4n) is 2.02. The van der Waals surface area contributed by atoms with Gasteiger partial charge in [0.05, 0.1) is 6.26 Å². The number of nitrogens with zero attached hydrogens (tertiary/aromatic N) is 1. The van der Waals surface area contributed by atoms with E-state index in [0.717, 1.165) is 30.6 Å². The van der Waals surface area contributed by atoms with Crippen LogP contribution in [-0.4, -0.2) is 34.3 Å². The molecule has 0 aliphatic heterocycles. The Labute approximate surface area is 133 Å². The van der Waals surface area contributed by atoms with Crippen LogP contribution in [-0.2, 0) is 10.0 Å². The van der Waals surface area contributed by atoms with Crippen LogP contribution in [0.15, 0.2) is 18.2 Å². The molecule has 6 nitrogen and oxygen atoms in total. The fourth-order valence-corrected chi connectivity index (χ4v) is 2.50. The summed E-state index contributed by atoms with van der Waals surface area (Å²) in [6.07, 6.45) is 1.11. The van der Waals surface area contributed by atoms with Gasteiger partial charge in [-0.2, -0.15) is 0 Å². The summed E-state index contributed by atoms with van der Waals surface area (Å²) >= 11 is 0. The number of halogens is 1. The molecule has 1 aromatic rings. The maximum atomic E-state index is 11.1. The molecule has 21 heavy (non-hydrogen) atoms. The minimum Gasteiger partial charge on any atom is -0.398 e. The molecule has 0 heterocycles. The van der Waals surface area contributed by atoms with E-state index >= 15 is 0 Å². The lowest BCUT2D eigenvalue weighted by molar-refractivity contribution is 0.578. The Kier molecular flexibility index (Phi) is 8.02. The zero-order valence-corrected chi connectivity index (χ0v) is 14.3. The van der Waals surface area contributed by atoms with Crippen LogP contribution in [0, 0.1) is 0 Å². The molecule has 8 heteroatoms. The van der Waals surface area contributed by atoms with Crippen molar-refractivity contribution in [3.05, 3.63) is 23.8 Å². The molecule has 0 saturated heterocycles. The molecule has 0 spiro atoms. The van der Waals surface area contributed by atoms with E-state index in [-0.39, 0.29) is 19.0 Å². The van der Waals surface area contributed by atoms with Crippen LogP contribution in [0.3, 0.4) is 0 Å². The van der Waals surface area contributed by atoms with E-state index in [1.807, 2.05) is 18.2 Å². The fraction of sp³-hybridized carbons (Fsp3) is 0.538. The van der Waals surface area contributed by atoms with Crippen molar-refractivity contribution in [2.75, 3.05) is 36.5 Å². The van der Waals surface area contributed by atoms with E-state index in [4.69, 9.17) is 11.5 Å². The lowest BCUT2D eigenvalue weighted by Crippen LogP contribution is -2.31. The molecule has 0 fully saturated rings. The molecule has 122 valence electrons. The Hall–Kier alpha value is -1.02. The third-order valence-electron chi connectivity index (χ3n) is 3.16. The molecular weight excluding hydrogens is 312 g/mol. The van der Waals surface area contributed by atoms with Crippen LogP contribution in [0.2, 0.25) is 0 Å². The Morgan fingerprint density at radius 2 is 1.86 bits per heavy atom. The molecule has 1 unspecified atom stereocenters. The summed E-state index contributed by atoms with van der Waals surface area (Å²) in [4.78, 5) is 2.18. The van der Waals surface area contributed by atoms with Crippen molar-refractivity contribution in [3.8, 4) is 0 Å². The molecular formula is C13H25ClN4O2S. The Morgan fingerprint density at radius 1 is 1.29 bits per heavy atom. The first kappa shape index (κ1) is 20.0. The van der Waals surface area contributed by atoms with Gasteiger partial charge in [0.1, 0.15) is 0 Å². The van der Waals surface area contributed by atoms with Gasteiger partial charge in [0.15, 0.2) is 0 Å². The lowest BCUT2D eigenvalue weighted by atomic mass is 10.0. The van der Waals surface area contributed by atoms with E-state index in [1.165, 1.54) is 0 Å². The van der Waals surface area contributed by atoms with Gasteiger partial charge in [0, 0.05) is 37.1 Å². The van der Waals surface area contributed by atoms with Gasteiger partial charge in [-0.1, -0.05) is 0 Å². The maximum Gasteiger partial charge on any atom is 0.208 e. The first-order chi connectivity index (χ1) is 9.28. The van der Waals surface area contributed by atoms with Crippen LogP contribution in [0.1, 0.15) is 25.5 Å². The van der Waals surface area contributed by atoms with Gasteiger partial charge >= 0.3 is 0 Å². The van der Waals surface area contributed by atoms with Gasteiger partial charge in [0.25, 0.3) is 0 Å². The van der Waals surface area contributed by atoms with E-state index in [2.05, 4.69) is 23.5 Å². The second kappa shape index (κ2) is 8.43. The second-order valence-electron chi connectivity index (χ2n) is 4.71. The van der Waals surface area contributed by atoms with E-state index in [9.17, 15) is 8.42 Å². The van der Waals surface area contributed by atoms with Gasteiger partial charge in [-0.05, 0) is 37.6 Å². The van der Waals surface area contributed by atoms with E-state index in [1.54, 1.807) is 0 Å². The van der Waals surface area contributed by atoms with Crippen molar-refractivity contribution in [2.24, 2.45) is 5.73 Å². The average Bonchev–Trinajstić information content (AvgIpc) is 2.38. The number of sulfonamides is 1. The highest BCUT2D eigenvalue weighted by molar-refractivity contribution is 7.88. The minimum atomic E-state index is -3.26. The summed E-state index contributed by atoms with van der Waals surface area (Å²) in [6.45, 7) is 6.05. The third-order valence-corrected chi connectivity index (χ3v) is 3.85. The van der Waals surface area contributed by atoms with Crippen LogP contribution in [0.25, 0.3) is 0 Å². The SMILES string of the molecule is CCN(CC)c1ccc(N)c(C(N)CNS(C)(=O)=O)c1.Cl. The molecule has 0 bridgehead atoms. The van der Waals surface area contributed by atoms with Crippen LogP contribution >= 0.6 is 12.4 Å². The van der Waals surface area contributed by atoms with Crippen molar-refractivity contribution in [2.45, 2.75) is 19.9 Å². The highest BCUT2D eigenvalue weighted by Crippen LogP contribution is 2.25. The first-order valence-corrected chi connectivity index (χ1v) is 8.52. The Bertz CT molecular complexity index is 547. The monoisotopic (exact) mass is 336 g/mol. The predicted octanol–water partition coefficient (Wildman–Crippen LogP) is 1.09. The highest BCUT2D eigenvalue weighted by Gasteiger charge is 2.14. The van der Waals surface area contributed by atoms with Crippen LogP contribution in [0.4, 0.5) is 11.4 Å². The van der Waals surface area contributed by atoms with E-state index in [0.29, 0.717) is 5.69 Å². The lowest BCUT2D eigenvalue weighted by Gasteiger charge is -2.23. The number of nitrogen functional groups attached to an aromatic ring is 1. The molecule has 0 aromatic heterocycles. The summed E-state index contributed by atoms with van der Waals surface area (Å²) in [5.41, 5.74) is 14.3. The second-order valence-corrected chi connectivity index (χ2v) is 6.55. The summed E-state index contributed by atoms with van der Waals surface area (Å²) < 4.78 is 24.6. The predicted molar refractivity (Wildman–Crippen MR) is 91.4 cm³/mol. The molecule has 5 N–H and O–H groups in total. The zero-order valence-electron chi connectivity index (χ0n) is 12.7. The van der Waals surface area contributed by atoms with Crippen molar-refractivity contribution >= 4 is 33.8 Å². The Balaban J connectivity index is 0.00000400. The van der Waals surface area contributed by atoms with Gasteiger partial charge < -0.3 is 16.4 Å².